The molecule has 1 unspecified atom stereocenters. The molecule has 116 valence electrons. The second-order valence-corrected chi connectivity index (χ2v) is 6.20. The van der Waals surface area contributed by atoms with Crippen molar-refractivity contribution in [2.75, 3.05) is 13.1 Å². The van der Waals surface area contributed by atoms with Crippen molar-refractivity contribution in [3.63, 3.8) is 0 Å². The third kappa shape index (κ3) is 5.79. The largest absolute Gasteiger partial charge is 0.451 e. The van der Waals surface area contributed by atoms with Crippen LogP contribution in [0.1, 0.15) is 31.2 Å². The Labute approximate surface area is 128 Å². The molecule has 1 aromatic carbocycles. The van der Waals surface area contributed by atoms with Crippen molar-refractivity contribution >= 4 is 7.12 Å². The maximum Gasteiger partial charge on any atom is 0.451 e. The van der Waals surface area contributed by atoms with Gasteiger partial charge in [0.05, 0.1) is 0 Å². The first-order valence-corrected chi connectivity index (χ1v) is 8.03. The van der Waals surface area contributed by atoms with Crippen molar-refractivity contribution in [1.29, 1.82) is 0 Å². The number of benzene rings is 1. The second kappa shape index (κ2) is 8.54. The van der Waals surface area contributed by atoms with Gasteiger partial charge in [0.25, 0.3) is 0 Å². The molecule has 0 saturated carbocycles. The van der Waals surface area contributed by atoms with Crippen molar-refractivity contribution in [1.82, 2.24) is 4.90 Å². The van der Waals surface area contributed by atoms with E-state index in [0.717, 1.165) is 38.9 Å². The minimum absolute atomic E-state index is 0.238. The minimum atomic E-state index is -1.17. The molecule has 0 bridgehead atoms. The van der Waals surface area contributed by atoms with Gasteiger partial charge < -0.3 is 15.8 Å². The second-order valence-electron chi connectivity index (χ2n) is 6.20. The highest BCUT2D eigenvalue weighted by molar-refractivity contribution is 6.40. The molecule has 5 heteroatoms. The van der Waals surface area contributed by atoms with Gasteiger partial charge in [0.1, 0.15) is 0 Å². The average molecular weight is 290 g/mol. The van der Waals surface area contributed by atoms with E-state index in [1.165, 1.54) is 12.0 Å². The Morgan fingerprint density at radius 2 is 2.00 bits per heavy atom. The maximum absolute atomic E-state index is 8.82. The Kier molecular flexibility index (Phi) is 6.71. The monoisotopic (exact) mass is 290 g/mol. The molecule has 1 fully saturated rings. The van der Waals surface area contributed by atoms with Crippen LogP contribution in [0.5, 0.6) is 0 Å². The lowest BCUT2D eigenvalue weighted by Gasteiger charge is -2.20. The summed E-state index contributed by atoms with van der Waals surface area (Å²) in [4.78, 5) is 2.48. The van der Waals surface area contributed by atoms with Crippen molar-refractivity contribution in [2.24, 2.45) is 11.7 Å². The predicted octanol–water partition coefficient (Wildman–Crippen LogP) is 1.48. The van der Waals surface area contributed by atoms with Crippen LogP contribution in [0.3, 0.4) is 0 Å². The molecule has 1 aliphatic rings. The van der Waals surface area contributed by atoms with Crippen molar-refractivity contribution in [3.8, 4) is 0 Å². The summed E-state index contributed by atoms with van der Waals surface area (Å²) in [6, 6.07) is 10.8. The van der Waals surface area contributed by atoms with Crippen LogP contribution in [-0.2, 0) is 6.54 Å². The van der Waals surface area contributed by atoms with E-state index in [-0.39, 0.29) is 6.04 Å². The lowest BCUT2D eigenvalue weighted by Crippen LogP contribution is -2.32. The molecule has 4 nitrogen and oxygen atoms in total. The van der Waals surface area contributed by atoms with Gasteiger partial charge in [-0.15, -0.1) is 0 Å². The standard InChI is InChI=1S/C16H27BN2O2/c18-16(8-4-5-10-17(20)21)15-9-11-19(13-15)12-14-6-2-1-3-7-14/h1-3,6-7,15-16,20-21H,4-5,8-13,18H2/t15-,16?/m1/s1. The number of unbranched alkanes of at least 4 members (excludes halogenated alkanes) is 1. The quantitative estimate of drug-likeness (QED) is 0.501. The smallest absolute Gasteiger partial charge is 0.427 e. The average Bonchev–Trinajstić information content (AvgIpc) is 2.93. The highest BCUT2D eigenvalue weighted by atomic mass is 16.4. The number of hydrogen-bond acceptors (Lipinski definition) is 4. The van der Waals surface area contributed by atoms with Gasteiger partial charge in [0.15, 0.2) is 0 Å². The predicted molar refractivity (Wildman–Crippen MR) is 86.7 cm³/mol. The van der Waals surface area contributed by atoms with E-state index in [4.69, 9.17) is 15.8 Å². The number of hydrogen-bond donors (Lipinski definition) is 3. The zero-order chi connectivity index (χ0) is 15.1. The molecule has 0 spiro atoms. The van der Waals surface area contributed by atoms with E-state index in [2.05, 4.69) is 35.2 Å². The van der Waals surface area contributed by atoms with E-state index in [0.29, 0.717) is 12.2 Å². The summed E-state index contributed by atoms with van der Waals surface area (Å²) in [7, 11) is -1.17. The van der Waals surface area contributed by atoms with E-state index in [9.17, 15) is 0 Å². The van der Waals surface area contributed by atoms with Crippen LogP contribution >= 0.6 is 0 Å². The molecule has 0 aliphatic carbocycles. The Hall–Kier alpha value is -0.875. The Balaban J connectivity index is 1.67. The summed E-state index contributed by atoms with van der Waals surface area (Å²) >= 11 is 0. The summed E-state index contributed by atoms with van der Waals surface area (Å²) in [5.41, 5.74) is 7.66. The SMILES string of the molecule is NC(CCCCB(O)O)[C@@H]1CCN(Cc2ccccc2)C1. The molecule has 1 aliphatic heterocycles. The molecule has 4 N–H and O–H groups in total. The van der Waals surface area contributed by atoms with Gasteiger partial charge in [0.2, 0.25) is 0 Å². The molecule has 0 amide bonds. The fraction of sp³-hybridized carbons (Fsp3) is 0.625. The summed E-state index contributed by atoms with van der Waals surface area (Å²) in [5, 5.41) is 17.6. The van der Waals surface area contributed by atoms with Gasteiger partial charge in [-0.2, -0.15) is 0 Å². The molecule has 21 heavy (non-hydrogen) atoms. The normalized spacial score (nSPS) is 20.6. The zero-order valence-electron chi connectivity index (χ0n) is 12.7. The summed E-state index contributed by atoms with van der Waals surface area (Å²) < 4.78 is 0. The first kappa shape index (κ1) is 16.5. The molecule has 1 saturated heterocycles. The highest BCUT2D eigenvalue weighted by Crippen LogP contribution is 2.23. The molecule has 1 heterocycles. The van der Waals surface area contributed by atoms with Gasteiger partial charge in [-0.05, 0) is 37.2 Å². The first-order valence-electron chi connectivity index (χ1n) is 8.03. The molecule has 0 aromatic heterocycles. The van der Waals surface area contributed by atoms with Crippen LogP contribution in [0.4, 0.5) is 0 Å². The zero-order valence-corrected chi connectivity index (χ0v) is 12.7. The fourth-order valence-electron chi connectivity index (χ4n) is 3.14. The van der Waals surface area contributed by atoms with Crippen molar-refractivity contribution in [3.05, 3.63) is 35.9 Å². The maximum atomic E-state index is 8.82. The molecule has 0 radical (unpaired) electrons. The number of nitrogens with two attached hydrogens (primary N) is 1. The molecule has 1 aromatic rings. The van der Waals surface area contributed by atoms with Gasteiger partial charge in [-0.25, -0.2) is 0 Å². The highest BCUT2D eigenvalue weighted by Gasteiger charge is 2.27. The number of likely N-dealkylation sites (tertiary alicyclic amines) is 1. The minimum Gasteiger partial charge on any atom is -0.427 e. The molecular weight excluding hydrogens is 263 g/mol. The Morgan fingerprint density at radius 1 is 1.24 bits per heavy atom. The van der Waals surface area contributed by atoms with Crippen LogP contribution in [0.15, 0.2) is 30.3 Å². The Morgan fingerprint density at radius 3 is 2.71 bits per heavy atom. The van der Waals surface area contributed by atoms with Crippen LogP contribution in [-0.4, -0.2) is 41.2 Å². The fourth-order valence-corrected chi connectivity index (χ4v) is 3.14. The van der Waals surface area contributed by atoms with E-state index < -0.39 is 7.12 Å². The molecule has 2 atom stereocenters. The van der Waals surface area contributed by atoms with Crippen LogP contribution < -0.4 is 5.73 Å². The lowest BCUT2D eigenvalue weighted by molar-refractivity contribution is 0.301. The van der Waals surface area contributed by atoms with Gasteiger partial charge >= 0.3 is 7.12 Å². The first-order chi connectivity index (χ1) is 10.1. The third-order valence-electron chi connectivity index (χ3n) is 4.41. The number of nitrogens with zero attached hydrogens (tertiary/aromatic N) is 1. The third-order valence-corrected chi connectivity index (χ3v) is 4.41. The Bertz CT molecular complexity index is 403. The van der Waals surface area contributed by atoms with Gasteiger partial charge in [0, 0.05) is 19.1 Å². The summed E-state index contributed by atoms with van der Waals surface area (Å²) in [5.74, 6) is 0.577. The van der Waals surface area contributed by atoms with Crippen LogP contribution in [0.25, 0.3) is 0 Å². The van der Waals surface area contributed by atoms with E-state index in [1.807, 2.05) is 0 Å². The van der Waals surface area contributed by atoms with Crippen molar-refractivity contribution in [2.45, 2.75) is 44.6 Å². The van der Waals surface area contributed by atoms with E-state index >= 15 is 0 Å². The topological polar surface area (TPSA) is 69.7 Å². The summed E-state index contributed by atoms with van der Waals surface area (Å²) in [6.07, 6.45) is 4.44. The van der Waals surface area contributed by atoms with Gasteiger partial charge in [-0.1, -0.05) is 43.2 Å². The number of rotatable bonds is 8. The molecular formula is C16H27BN2O2. The van der Waals surface area contributed by atoms with Crippen molar-refractivity contribution < 1.29 is 10.0 Å². The lowest BCUT2D eigenvalue weighted by atomic mass is 9.82. The molecule has 2 rings (SSSR count). The van der Waals surface area contributed by atoms with E-state index in [1.54, 1.807) is 0 Å². The summed E-state index contributed by atoms with van der Waals surface area (Å²) in [6.45, 7) is 3.22. The van der Waals surface area contributed by atoms with Crippen LogP contribution in [0, 0.1) is 5.92 Å². The van der Waals surface area contributed by atoms with Crippen LogP contribution in [0.2, 0.25) is 6.32 Å². The van der Waals surface area contributed by atoms with Gasteiger partial charge in [-0.3, -0.25) is 4.90 Å².